The first kappa shape index (κ1) is 27.7. The number of hydrogen-bond donors (Lipinski definition) is 1. The number of amides is 2. The molecule has 0 saturated heterocycles. The molecule has 9 heteroatoms. The lowest BCUT2D eigenvalue weighted by molar-refractivity contribution is -0.140. The molecule has 0 spiro atoms. The lowest BCUT2D eigenvalue weighted by atomic mass is 10.1. The predicted octanol–water partition coefficient (Wildman–Crippen LogP) is 4.05. The van der Waals surface area contributed by atoms with Crippen LogP contribution in [0.5, 0.6) is 0 Å². The van der Waals surface area contributed by atoms with Gasteiger partial charge in [0.1, 0.15) is 12.6 Å². The molecule has 1 unspecified atom stereocenters. The second-order valence-corrected chi connectivity index (χ2v) is 11.1. The minimum absolute atomic E-state index is 0.101. The van der Waals surface area contributed by atoms with Crippen molar-refractivity contribution in [3.8, 4) is 0 Å². The summed E-state index contributed by atoms with van der Waals surface area (Å²) in [6, 6.07) is 11.6. The van der Waals surface area contributed by atoms with Crippen LogP contribution in [0.15, 0.2) is 42.5 Å². The number of carbonyl (C=O) groups is 2. The first-order valence-electron chi connectivity index (χ1n) is 11.2. The second-order valence-electron chi connectivity index (χ2n) is 8.75. The van der Waals surface area contributed by atoms with E-state index in [1.54, 1.807) is 50.2 Å². The fourth-order valence-electron chi connectivity index (χ4n) is 3.86. The van der Waals surface area contributed by atoms with E-state index in [1.165, 1.54) is 4.90 Å². The number of sulfonamides is 1. The number of hydrogen-bond acceptors (Lipinski definition) is 4. The monoisotopic (exact) mass is 507 g/mol. The van der Waals surface area contributed by atoms with E-state index in [2.05, 4.69) is 5.32 Å². The number of nitrogens with one attached hydrogen (secondary N) is 1. The summed E-state index contributed by atoms with van der Waals surface area (Å²) in [4.78, 5) is 28.1. The zero-order chi connectivity index (χ0) is 25.6. The molecule has 0 fully saturated rings. The van der Waals surface area contributed by atoms with Crippen LogP contribution in [0.25, 0.3) is 0 Å². The summed E-state index contributed by atoms with van der Waals surface area (Å²) >= 11 is 6.01. The van der Waals surface area contributed by atoms with Gasteiger partial charge in [0, 0.05) is 17.6 Å². The zero-order valence-corrected chi connectivity index (χ0v) is 22.2. The Hall–Kier alpha value is -2.58. The molecular formula is C25H34ClN3O4S. The van der Waals surface area contributed by atoms with Crippen LogP contribution in [-0.2, 0) is 26.2 Å². The largest absolute Gasteiger partial charge is 0.352 e. The molecule has 2 rings (SSSR count). The number of halogens is 1. The van der Waals surface area contributed by atoms with E-state index in [0.29, 0.717) is 17.1 Å². The Balaban J connectivity index is 2.49. The van der Waals surface area contributed by atoms with Crippen LogP contribution in [-0.4, -0.2) is 50.0 Å². The SMILES string of the molecule is CCC(C(=O)NC(C)C)N(Cc1ccc(Cl)cc1)C(=O)CN(c1c(C)cccc1C)S(C)(=O)=O. The molecule has 0 radical (unpaired) electrons. The Morgan fingerprint density at radius 3 is 2.06 bits per heavy atom. The summed E-state index contributed by atoms with van der Waals surface area (Å²) in [5.74, 6) is -0.744. The van der Waals surface area contributed by atoms with E-state index in [0.717, 1.165) is 27.3 Å². The number of carbonyl (C=O) groups excluding carboxylic acids is 2. The summed E-state index contributed by atoms with van der Waals surface area (Å²) in [5.41, 5.74) is 2.75. The Labute approximate surface area is 208 Å². The van der Waals surface area contributed by atoms with Gasteiger partial charge in [-0.05, 0) is 62.9 Å². The van der Waals surface area contributed by atoms with Crippen LogP contribution in [0, 0.1) is 13.8 Å². The van der Waals surface area contributed by atoms with Crippen LogP contribution >= 0.6 is 11.6 Å². The van der Waals surface area contributed by atoms with Gasteiger partial charge in [0.25, 0.3) is 0 Å². The second kappa shape index (κ2) is 11.7. The van der Waals surface area contributed by atoms with Gasteiger partial charge in [-0.15, -0.1) is 0 Å². The molecule has 0 aliphatic rings. The van der Waals surface area contributed by atoms with E-state index in [1.807, 2.05) is 26.8 Å². The molecule has 34 heavy (non-hydrogen) atoms. The molecule has 2 aromatic rings. The predicted molar refractivity (Wildman–Crippen MR) is 137 cm³/mol. The molecule has 0 aromatic heterocycles. The molecular weight excluding hydrogens is 474 g/mol. The van der Waals surface area contributed by atoms with Crippen LogP contribution in [0.2, 0.25) is 5.02 Å². The average Bonchev–Trinajstić information content (AvgIpc) is 2.72. The first-order chi connectivity index (χ1) is 15.8. The summed E-state index contributed by atoms with van der Waals surface area (Å²) in [6.45, 7) is 8.87. The van der Waals surface area contributed by atoms with Crippen molar-refractivity contribution in [1.29, 1.82) is 0 Å². The smallest absolute Gasteiger partial charge is 0.244 e. The molecule has 0 aliphatic heterocycles. The number of aryl methyl sites for hydroxylation is 2. The lowest BCUT2D eigenvalue weighted by Crippen LogP contribution is -2.53. The number of para-hydroxylation sites is 1. The Morgan fingerprint density at radius 2 is 1.59 bits per heavy atom. The maximum absolute atomic E-state index is 13.7. The summed E-state index contributed by atoms with van der Waals surface area (Å²) in [5, 5.41) is 3.43. The fraction of sp³-hybridized carbons (Fsp3) is 0.440. The maximum atomic E-state index is 13.7. The van der Waals surface area contributed by atoms with Gasteiger partial charge < -0.3 is 10.2 Å². The molecule has 1 atom stereocenters. The van der Waals surface area contributed by atoms with Gasteiger partial charge >= 0.3 is 0 Å². The third-order valence-corrected chi connectivity index (χ3v) is 6.82. The highest BCUT2D eigenvalue weighted by Crippen LogP contribution is 2.27. The molecule has 0 aliphatic carbocycles. The highest BCUT2D eigenvalue weighted by molar-refractivity contribution is 7.92. The quantitative estimate of drug-likeness (QED) is 0.525. The van der Waals surface area contributed by atoms with E-state index in [9.17, 15) is 18.0 Å². The number of anilines is 1. The van der Waals surface area contributed by atoms with Crippen molar-refractivity contribution in [3.05, 3.63) is 64.2 Å². The normalized spacial score (nSPS) is 12.4. The first-order valence-corrected chi connectivity index (χ1v) is 13.5. The van der Waals surface area contributed by atoms with Crippen LogP contribution in [0.4, 0.5) is 5.69 Å². The number of rotatable bonds is 10. The van der Waals surface area contributed by atoms with Crippen LogP contribution < -0.4 is 9.62 Å². The molecule has 0 heterocycles. The molecule has 7 nitrogen and oxygen atoms in total. The van der Waals surface area contributed by atoms with Crippen molar-refractivity contribution < 1.29 is 18.0 Å². The van der Waals surface area contributed by atoms with Crippen molar-refractivity contribution in [1.82, 2.24) is 10.2 Å². The summed E-state index contributed by atoms with van der Waals surface area (Å²) in [7, 11) is -3.77. The van der Waals surface area contributed by atoms with Crippen LogP contribution in [0.1, 0.15) is 43.9 Å². The van der Waals surface area contributed by atoms with Crippen molar-refractivity contribution in [3.63, 3.8) is 0 Å². The average molecular weight is 508 g/mol. The zero-order valence-electron chi connectivity index (χ0n) is 20.6. The van der Waals surface area contributed by atoms with Gasteiger partial charge in [-0.1, -0.05) is 48.9 Å². The molecule has 2 amide bonds. The van der Waals surface area contributed by atoms with E-state index in [-0.39, 0.29) is 18.5 Å². The maximum Gasteiger partial charge on any atom is 0.244 e. The molecule has 186 valence electrons. The number of nitrogens with zero attached hydrogens (tertiary/aromatic N) is 2. The highest BCUT2D eigenvalue weighted by Gasteiger charge is 2.32. The van der Waals surface area contributed by atoms with Gasteiger partial charge in [-0.3, -0.25) is 13.9 Å². The Kier molecular flexibility index (Phi) is 9.53. The van der Waals surface area contributed by atoms with E-state index < -0.39 is 28.5 Å². The van der Waals surface area contributed by atoms with Crippen molar-refractivity contribution >= 4 is 39.1 Å². The number of benzene rings is 2. The van der Waals surface area contributed by atoms with Gasteiger partial charge in [0.2, 0.25) is 21.8 Å². The topological polar surface area (TPSA) is 86.8 Å². The van der Waals surface area contributed by atoms with Crippen molar-refractivity contribution in [2.45, 2.75) is 59.7 Å². The highest BCUT2D eigenvalue weighted by atomic mass is 35.5. The molecule has 0 bridgehead atoms. The molecule has 1 N–H and O–H groups in total. The molecule has 2 aromatic carbocycles. The third-order valence-electron chi connectivity index (χ3n) is 5.45. The van der Waals surface area contributed by atoms with Gasteiger partial charge in [-0.2, -0.15) is 0 Å². The Morgan fingerprint density at radius 1 is 1.03 bits per heavy atom. The van der Waals surface area contributed by atoms with E-state index >= 15 is 0 Å². The minimum Gasteiger partial charge on any atom is -0.352 e. The van der Waals surface area contributed by atoms with E-state index in [4.69, 9.17) is 11.6 Å². The fourth-order valence-corrected chi connectivity index (χ4v) is 4.95. The van der Waals surface area contributed by atoms with Crippen LogP contribution in [0.3, 0.4) is 0 Å². The summed E-state index contributed by atoms with van der Waals surface area (Å²) in [6.07, 6.45) is 1.46. The minimum atomic E-state index is -3.77. The van der Waals surface area contributed by atoms with Gasteiger partial charge in [-0.25, -0.2) is 8.42 Å². The lowest BCUT2D eigenvalue weighted by Gasteiger charge is -2.34. The summed E-state index contributed by atoms with van der Waals surface area (Å²) < 4.78 is 26.7. The van der Waals surface area contributed by atoms with Crippen molar-refractivity contribution in [2.75, 3.05) is 17.1 Å². The van der Waals surface area contributed by atoms with Crippen molar-refractivity contribution in [2.24, 2.45) is 0 Å². The Bertz CT molecular complexity index is 1100. The molecule has 0 saturated carbocycles. The standard InChI is InChI=1S/C25H34ClN3O4S/c1-7-22(25(31)27-17(2)3)28(15-20-11-13-21(26)14-12-20)23(30)16-29(34(6,32)33)24-18(4)9-8-10-19(24)5/h8-14,17,22H,7,15-16H2,1-6H3,(H,27,31). The third kappa shape index (κ3) is 7.21. The van der Waals surface area contributed by atoms with Gasteiger partial charge in [0.05, 0.1) is 11.9 Å². The van der Waals surface area contributed by atoms with Gasteiger partial charge in [0.15, 0.2) is 0 Å².